The molecule has 0 aliphatic carbocycles. The number of benzene rings is 3. The summed E-state index contributed by atoms with van der Waals surface area (Å²) in [6.07, 6.45) is 2.89. The van der Waals surface area contributed by atoms with E-state index >= 15 is 0 Å². The number of nitrogens with zero attached hydrogens (tertiary/aromatic N) is 2. The Morgan fingerprint density at radius 2 is 1.28 bits per heavy atom. The molecule has 0 aliphatic rings. The number of aromatic nitrogens is 2. The predicted molar refractivity (Wildman–Crippen MR) is 169 cm³/mol. The van der Waals surface area contributed by atoms with Gasteiger partial charge in [-0.1, -0.05) is 30.3 Å². The first-order chi connectivity index (χ1) is 22.5. The Morgan fingerprint density at radius 1 is 0.720 bits per heavy atom. The van der Waals surface area contributed by atoms with Gasteiger partial charge in [-0.15, -0.1) is 0 Å². The molecule has 2 heterocycles. The van der Waals surface area contributed by atoms with Crippen LogP contribution in [0, 0.1) is 5.82 Å². The smallest absolute Gasteiger partial charge is 0.744 e. The van der Waals surface area contributed by atoms with Gasteiger partial charge in [0.25, 0.3) is 11.8 Å². The molecule has 250 valence electrons. The molecule has 5 rings (SSSR count). The fourth-order valence-corrected chi connectivity index (χ4v) is 6.47. The predicted octanol–water partition coefficient (Wildman–Crippen LogP) is -2.70. The Kier molecular flexibility index (Phi) is 13.2. The van der Waals surface area contributed by atoms with Crippen LogP contribution in [-0.4, -0.2) is 52.9 Å². The molecular formula is C30H25FN6Na2O9S2. The van der Waals surface area contributed by atoms with E-state index in [1.807, 2.05) is 0 Å². The monoisotopic (exact) mass is 742 g/mol. The molecule has 50 heavy (non-hydrogen) atoms. The molecule has 15 nitrogen and oxygen atoms in total. The molecule has 0 bridgehead atoms. The summed E-state index contributed by atoms with van der Waals surface area (Å²) >= 11 is 0. The van der Waals surface area contributed by atoms with E-state index in [4.69, 9.17) is 0 Å². The summed E-state index contributed by atoms with van der Waals surface area (Å²) in [5, 5.41) is 9.49. The molecule has 20 heteroatoms. The Bertz CT molecular complexity index is 2330. The number of carbonyl (C=O) groups is 3. The summed E-state index contributed by atoms with van der Waals surface area (Å²) < 4.78 is 87.6. The van der Waals surface area contributed by atoms with Crippen molar-refractivity contribution in [3.05, 3.63) is 102 Å². The number of amides is 4. The molecule has 0 atom stereocenters. The normalized spacial score (nSPS) is 11.2. The third-order valence-electron chi connectivity index (χ3n) is 7.10. The maximum absolute atomic E-state index is 13.2. The van der Waals surface area contributed by atoms with Gasteiger partial charge in [-0.3, -0.25) is 9.59 Å². The summed E-state index contributed by atoms with van der Waals surface area (Å²) in [5.41, 5.74) is 0.756. The molecule has 0 spiro atoms. The Labute approximate surface area is 329 Å². The van der Waals surface area contributed by atoms with E-state index in [9.17, 15) is 44.7 Å². The zero-order valence-electron chi connectivity index (χ0n) is 27.0. The van der Waals surface area contributed by atoms with Crippen molar-refractivity contribution < 1.29 is 104 Å². The van der Waals surface area contributed by atoms with Crippen molar-refractivity contribution in [3.63, 3.8) is 0 Å². The van der Waals surface area contributed by atoms with Crippen LogP contribution in [0.25, 0.3) is 10.8 Å². The van der Waals surface area contributed by atoms with Crippen molar-refractivity contribution in [2.24, 2.45) is 14.1 Å². The van der Waals surface area contributed by atoms with Gasteiger partial charge < -0.3 is 39.5 Å². The molecule has 0 saturated heterocycles. The zero-order chi connectivity index (χ0) is 35.0. The minimum Gasteiger partial charge on any atom is -0.744 e. The van der Waals surface area contributed by atoms with Crippen molar-refractivity contribution in [2.75, 3.05) is 16.0 Å². The van der Waals surface area contributed by atoms with Gasteiger partial charge in [0.1, 0.15) is 37.4 Å². The van der Waals surface area contributed by atoms with Crippen LogP contribution < -0.4 is 80.4 Å². The van der Waals surface area contributed by atoms with Crippen molar-refractivity contribution in [1.82, 2.24) is 14.5 Å². The van der Waals surface area contributed by atoms with Crippen LogP contribution in [0.3, 0.4) is 0 Å². The molecule has 4 amide bonds. The van der Waals surface area contributed by atoms with Crippen molar-refractivity contribution >= 4 is 65.9 Å². The maximum Gasteiger partial charge on any atom is 1.00 e. The average molecular weight is 743 g/mol. The maximum atomic E-state index is 13.2. The summed E-state index contributed by atoms with van der Waals surface area (Å²) in [6.45, 7) is 0.137. The van der Waals surface area contributed by atoms with E-state index in [-0.39, 0.29) is 93.5 Å². The molecule has 2 aromatic heterocycles. The first-order valence-corrected chi connectivity index (χ1v) is 16.5. The van der Waals surface area contributed by atoms with Crippen LogP contribution in [0.4, 0.5) is 26.2 Å². The second kappa shape index (κ2) is 16.2. The number of fused-ring (bicyclic) bond motifs is 1. The fraction of sp³-hybridized carbons (Fsp3) is 0.100. The largest absolute Gasteiger partial charge is 1.00 e. The van der Waals surface area contributed by atoms with Crippen LogP contribution in [0.2, 0.25) is 0 Å². The summed E-state index contributed by atoms with van der Waals surface area (Å²) in [4.78, 5) is 36.9. The minimum absolute atomic E-state index is 0. The van der Waals surface area contributed by atoms with Crippen LogP contribution in [0.1, 0.15) is 26.5 Å². The van der Waals surface area contributed by atoms with E-state index in [1.54, 1.807) is 7.05 Å². The van der Waals surface area contributed by atoms with Gasteiger partial charge in [-0.2, -0.15) is 0 Å². The number of urea groups is 1. The number of hydrogen-bond acceptors (Lipinski definition) is 9. The summed E-state index contributed by atoms with van der Waals surface area (Å²) in [7, 11) is -7.29. The van der Waals surface area contributed by atoms with Crippen molar-refractivity contribution in [3.8, 4) is 0 Å². The number of anilines is 3. The van der Waals surface area contributed by atoms with Crippen molar-refractivity contribution in [1.29, 1.82) is 0 Å². The van der Waals surface area contributed by atoms with Crippen molar-refractivity contribution in [2.45, 2.75) is 16.3 Å². The Hall–Kier alpha value is -3.56. The van der Waals surface area contributed by atoms with E-state index in [2.05, 4.69) is 21.3 Å². The summed E-state index contributed by atoms with van der Waals surface area (Å²) in [5.74, 6) is -1.89. The first-order valence-electron chi connectivity index (χ1n) is 13.7. The van der Waals surface area contributed by atoms with E-state index in [1.165, 1.54) is 65.0 Å². The second-order valence-electron chi connectivity index (χ2n) is 10.5. The standard InChI is InChI=1S/C30H27FN6O9S2.2Na/c1-36-15-19(33-28(38)24-13-20(16-37(24)2)34-30(40)32-14-17-6-8-18(31)9-7-17)12-25(36)29(39)35-23-11-10-21-22(27(23)48(44,45)46)4-3-5-26(21)47(41,42)43;;/h3-13,15-16H,14H2,1-2H3,(H,33,38)(H,35,39)(H2,32,34,40)(H,41,42,43)(H,44,45,46);;/q;2*+1/p-2. The SMILES string of the molecule is Cn1cc(NC(=O)NCc2ccc(F)cc2)cc1C(=O)Nc1cc(C(=O)Nc2ccc3c(S(=O)(=O)[O-])cccc3c2S(=O)(=O)[O-])n(C)c1.[Na+].[Na+]. The molecule has 3 aromatic carbocycles. The summed E-state index contributed by atoms with van der Waals surface area (Å²) in [6, 6.07) is 13.0. The van der Waals surface area contributed by atoms with Gasteiger partial charge in [0.2, 0.25) is 0 Å². The number of halogens is 1. The quantitative estimate of drug-likeness (QED) is 0.0910. The molecular weight excluding hydrogens is 717 g/mol. The van der Waals surface area contributed by atoms with Crippen LogP contribution in [0.15, 0.2) is 88.9 Å². The zero-order valence-corrected chi connectivity index (χ0v) is 32.6. The number of hydrogen-bond donors (Lipinski definition) is 4. The molecule has 0 radical (unpaired) electrons. The first kappa shape index (κ1) is 40.9. The third kappa shape index (κ3) is 9.40. The molecule has 0 unspecified atom stereocenters. The Morgan fingerprint density at radius 3 is 1.84 bits per heavy atom. The van der Waals surface area contributed by atoms with E-state index in [0.717, 1.165) is 30.3 Å². The number of rotatable bonds is 9. The van der Waals surface area contributed by atoms with E-state index in [0.29, 0.717) is 11.3 Å². The fourth-order valence-electron chi connectivity index (χ4n) is 4.95. The van der Waals surface area contributed by atoms with E-state index < -0.39 is 59.4 Å². The van der Waals surface area contributed by atoms with Gasteiger partial charge in [-0.25, -0.2) is 26.0 Å². The molecule has 4 N–H and O–H groups in total. The van der Waals surface area contributed by atoms with Crippen LogP contribution in [-0.2, 0) is 40.9 Å². The molecule has 0 aliphatic heterocycles. The number of aryl methyl sites for hydroxylation is 2. The molecule has 0 saturated carbocycles. The van der Waals surface area contributed by atoms with Gasteiger partial charge in [0.05, 0.1) is 26.9 Å². The molecule has 5 aromatic rings. The van der Waals surface area contributed by atoms with Gasteiger partial charge in [-0.05, 0) is 42.0 Å². The minimum atomic E-state index is -5.30. The topological polar surface area (TPSA) is 224 Å². The van der Waals surface area contributed by atoms with Gasteiger partial charge in [0.15, 0.2) is 0 Å². The second-order valence-corrected chi connectivity index (χ2v) is 13.2. The Balaban J connectivity index is 0.00000338. The van der Waals surface area contributed by atoms with Crippen LogP contribution in [0.5, 0.6) is 0 Å². The number of nitrogens with one attached hydrogen (secondary N) is 4. The van der Waals surface area contributed by atoms with Gasteiger partial charge in [0, 0.05) is 43.8 Å². The molecule has 0 fully saturated rings. The average Bonchev–Trinajstić information content (AvgIpc) is 3.55. The van der Waals surface area contributed by atoms with Gasteiger partial charge >= 0.3 is 65.1 Å². The third-order valence-corrected chi connectivity index (χ3v) is 8.93. The number of carbonyl (C=O) groups excluding carboxylic acids is 3. The van der Waals surface area contributed by atoms with Crippen LogP contribution >= 0.6 is 0 Å².